The molecule has 0 aliphatic heterocycles. The topological polar surface area (TPSA) is 38.7 Å². The summed E-state index contributed by atoms with van der Waals surface area (Å²) in [7, 11) is 0. The van der Waals surface area contributed by atoms with Crippen LogP contribution in [-0.2, 0) is 9.37 Å². The number of rotatable bonds is 5. The van der Waals surface area contributed by atoms with Gasteiger partial charge in [-0.1, -0.05) is 30.2 Å². The summed E-state index contributed by atoms with van der Waals surface area (Å²) in [5.41, 5.74) is 0. The minimum atomic E-state index is 0.890. The van der Waals surface area contributed by atoms with E-state index >= 15 is 0 Å². The third kappa shape index (κ3) is 6.12. The highest BCUT2D eigenvalue weighted by Crippen LogP contribution is 2.17. The first-order chi connectivity index (χ1) is 5.35. The largest absolute Gasteiger partial charge is 0.220 e. The Labute approximate surface area is 70.8 Å². The molecule has 0 fully saturated rings. The lowest BCUT2D eigenvalue weighted by Gasteiger charge is -1.95. The lowest BCUT2D eigenvalue weighted by atomic mass is 10.4. The van der Waals surface area contributed by atoms with Crippen molar-refractivity contribution in [1.29, 1.82) is 0 Å². The van der Waals surface area contributed by atoms with Crippen molar-refractivity contribution >= 4 is 12.0 Å². The molecule has 0 saturated heterocycles. The highest BCUT2D eigenvalue weighted by molar-refractivity contribution is 7.98. The van der Waals surface area contributed by atoms with E-state index in [2.05, 4.69) is 9.37 Å². The van der Waals surface area contributed by atoms with Crippen LogP contribution in [0, 0.1) is 0 Å². The molecule has 64 valence electrons. The van der Waals surface area contributed by atoms with Crippen LogP contribution in [0.15, 0.2) is 23.1 Å². The second-order valence-corrected chi connectivity index (χ2v) is 2.50. The molecule has 0 aliphatic carbocycles. The molecular formula is C7H12O3S. The Bertz CT molecular complexity index is 143. The van der Waals surface area contributed by atoms with Crippen LogP contribution in [0.25, 0.3) is 0 Å². The van der Waals surface area contributed by atoms with Crippen molar-refractivity contribution < 1.29 is 14.6 Å². The van der Waals surface area contributed by atoms with Gasteiger partial charge in [-0.15, -0.1) is 4.33 Å². The molecule has 0 rings (SSSR count). The van der Waals surface area contributed by atoms with Gasteiger partial charge in [-0.3, -0.25) is 0 Å². The first-order valence-corrected chi connectivity index (χ1v) is 4.07. The van der Waals surface area contributed by atoms with Crippen LogP contribution >= 0.6 is 12.0 Å². The highest BCUT2D eigenvalue weighted by atomic mass is 32.2. The fourth-order valence-corrected chi connectivity index (χ4v) is 0.818. The minimum Gasteiger partial charge on any atom is -0.220 e. The predicted octanol–water partition coefficient (Wildman–Crippen LogP) is 2.93. The van der Waals surface area contributed by atoms with Gasteiger partial charge in [0.15, 0.2) is 0 Å². The summed E-state index contributed by atoms with van der Waals surface area (Å²) >= 11 is 0.964. The average Bonchev–Trinajstić information content (AvgIpc) is 2.05. The van der Waals surface area contributed by atoms with Crippen LogP contribution in [0.2, 0.25) is 0 Å². The molecule has 0 saturated carbocycles. The van der Waals surface area contributed by atoms with Crippen LogP contribution in [0.4, 0.5) is 0 Å². The van der Waals surface area contributed by atoms with E-state index in [4.69, 9.17) is 5.26 Å². The zero-order valence-corrected chi connectivity index (χ0v) is 7.43. The van der Waals surface area contributed by atoms with Crippen molar-refractivity contribution in [2.75, 3.05) is 0 Å². The first-order valence-electron chi connectivity index (χ1n) is 3.32. The molecule has 0 aromatic heterocycles. The second kappa shape index (κ2) is 7.81. The number of allylic oxidation sites excluding steroid dienone is 3. The minimum absolute atomic E-state index is 0.890. The maximum absolute atomic E-state index is 7.84. The molecule has 0 unspecified atom stereocenters. The highest BCUT2D eigenvalue weighted by Gasteiger charge is 1.92. The van der Waals surface area contributed by atoms with E-state index in [1.54, 1.807) is 0 Å². The van der Waals surface area contributed by atoms with E-state index in [0.29, 0.717) is 0 Å². The third-order valence-electron chi connectivity index (χ3n) is 0.963. The molecule has 0 bridgehead atoms. The molecule has 4 heteroatoms. The fourth-order valence-electron chi connectivity index (χ4n) is 0.461. The van der Waals surface area contributed by atoms with Crippen molar-refractivity contribution in [2.45, 2.75) is 20.3 Å². The van der Waals surface area contributed by atoms with Crippen molar-refractivity contribution in [1.82, 2.24) is 0 Å². The summed E-state index contributed by atoms with van der Waals surface area (Å²) in [6.07, 6.45) is 6.71. The Balaban J connectivity index is 3.68. The van der Waals surface area contributed by atoms with Gasteiger partial charge in [-0.2, -0.15) is 0 Å². The standard InChI is InChI=1S/C7H12O3S/c1-3-5-6-7(4-2)11-10-9-8/h4-6,8H,3H2,1-2H3/b6-5-,7-4+. The van der Waals surface area contributed by atoms with E-state index in [1.165, 1.54) is 0 Å². The quantitative estimate of drug-likeness (QED) is 0.302. The van der Waals surface area contributed by atoms with E-state index in [1.807, 2.05) is 32.1 Å². The smallest absolute Gasteiger partial charge is 0.0710 e. The molecule has 3 nitrogen and oxygen atoms in total. The summed E-state index contributed by atoms with van der Waals surface area (Å²) in [6.45, 7) is 3.92. The second-order valence-electron chi connectivity index (χ2n) is 1.73. The van der Waals surface area contributed by atoms with E-state index < -0.39 is 0 Å². The van der Waals surface area contributed by atoms with Gasteiger partial charge < -0.3 is 0 Å². The van der Waals surface area contributed by atoms with Crippen LogP contribution in [-0.4, -0.2) is 5.26 Å². The predicted molar refractivity (Wildman–Crippen MR) is 45.6 cm³/mol. The molecule has 0 aromatic carbocycles. The van der Waals surface area contributed by atoms with Crippen LogP contribution in [0.3, 0.4) is 0 Å². The zero-order chi connectivity index (χ0) is 8.53. The van der Waals surface area contributed by atoms with Crippen LogP contribution < -0.4 is 0 Å². The normalized spacial score (nSPS) is 12.8. The van der Waals surface area contributed by atoms with Gasteiger partial charge in [0, 0.05) is 4.91 Å². The molecule has 0 amide bonds. The Hall–Kier alpha value is -0.290. The van der Waals surface area contributed by atoms with Gasteiger partial charge in [0.2, 0.25) is 0 Å². The van der Waals surface area contributed by atoms with Gasteiger partial charge in [0.05, 0.1) is 12.0 Å². The SMILES string of the molecule is C/C=C(\C=C/CC)SOOO. The maximum atomic E-state index is 7.84. The molecule has 11 heavy (non-hydrogen) atoms. The molecular weight excluding hydrogens is 164 g/mol. The summed E-state index contributed by atoms with van der Waals surface area (Å²) in [4.78, 5) is 0.890. The molecule has 0 aliphatic rings. The lowest BCUT2D eigenvalue weighted by Crippen LogP contribution is -1.78. The van der Waals surface area contributed by atoms with E-state index in [-0.39, 0.29) is 0 Å². The van der Waals surface area contributed by atoms with Crippen LogP contribution in [0.1, 0.15) is 20.3 Å². The Morgan fingerprint density at radius 3 is 2.82 bits per heavy atom. The van der Waals surface area contributed by atoms with Crippen molar-refractivity contribution in [3.05, 3.63) is 23.1 Å². The third-order valence-corrected chi connectivity index (χ3v) is 1.66. The summed E-state index contributed by atoms with van der Waals surface area (Å²) < 4.78 is 4.24. The Morgan fingerprint density at radius 1 is 1.64 bits per heavy atom. The first kappa shape index (κ1) is 10.7. The fraction of sp³-hybridized carbons (Fsp3) is 0.429. The molecule has 0 radical (unpaired) electrons. The summed E-state index contributed by atoms with van der Waals surface area (Å²) in [6, 6.07) is 0. The molecule has 1 N–H and O–H groups in total. The zero-order valence-electron chi connectivity index (χ0n) is 6.61. The van der Waals surface area contributed by atoms with E-state index in [0.717, 1.165) is 23.4 Å². The van der Waals surface area contributed by atoms with Crippen molar-refractivity contribution in [3.8, 4) is 0 Å². The Morgan fingerprint density at radius 2 is 2.36 bits per heavy atom. The number of hydrogen-bond donors (Lipinski definition) is 1. The Kier molecular flexibility index (Phi) is 7.61. The van der Waals surface area contributed by atoms with Gasteiger partial charge >= 0.3 is 0 Å². The molecule has 0 heterocycles. The van der Waals surface area contributed by atoms with Crippen LogP contribution in [0.5, 0.6) is 0 Å². The van der Waals surface area contributed by atoms with Gasteiger partial charge in [-0.05, 0) is 13.3 Å². The molecule has 0 spiro atoms. The van der Waals surface area contributed by atoms with Crippen molar-refractivity contribution in [2.24, 2.45) is 0 Å². The van der Waals surface area contributed by atoms with Gasteiger partial charge in [-0.25, -0.2) is 5.26 Å². The summed E-state index contributed by atoms with van der Waals surface area (Å²) in [5.74, 6) is 0. The number of hydrogen-bond acceptors (Lipinski definition) is 4. The van der Waals surface area contributed by atoms with E-state index in [9.17, 15) is 0 Å². The molecule has 0 aromatic rings. The average molecular weight is 176 g/mol. The monoisotopic (exact) mass is 176 g/mol. The summed E-state index contributed by atoms with van der Waals surface area (Å²) in [5, 5.41) is 11.3. The van der Waals surface area contributed by atoms with Crippen molar-refractivity contribution in [3.63, 3.8) is 0 Å². The maximum Gasteiger partial charge on any atom is 0.0710 e. The lowest BCUT2D eigenvalue weighted by molar-refractivity contribution is -0.431. The van der Waals surface area contributed by atoms with Gasteiger partial charge in [0.25, 0.3) is 0 Å². The molecule has 0 atom stereocenters. The van der Waals surface area contributed by atoms with Gasteiger partial charge in [0.1, 0.15) is 0 Å².